The van der Waals surface area contributed by atoms with Crippen LogP contribution in [0.25, 0.3) is 0 Å². The number of hydrogen-bond acceptors (Lipinski definition) is 2. The first kappa shape index (κ1) is 17.6. The summed E-state index contributed by atoms with van der Waals surface area (Å²) < 4.78 is 13.4. The van der Waals surface area contributed by atoms with Gasteiger partial charge >= 0.3 is 0 Å². The average molecular weight is 357 g/mol. The molecule has 0 aromatic heterocycles. The Morgan fingerprint density at radius 3 is 1.79 bits per heavy atom. The molecule has 0 spiro atoms. The zero-order chi connectivity index (χ0) is 17.0. The van der Waals surface area contributed by atoms with Gasteiger partial charge in [-0.25, -0.2) is 0 Å². The summed E-state index contributed by atoms with van der Waals surface area (Å²) in [6.45, 7) is 7.74. The van der Waals surface area contributed by atoms with Crippen LogP contribution in [0.4, 0.5) is 0 Å². The van der Waals surface area contributed by atoms with Crippen molar-refractivity contribution in [3.8, 4) is 0 Å². The lowest BCUT2D eigenvalue weighted by atomic mass is 10.2. The average Bonchev–Trinajstić information content (AvgIpc) is 2.61. The Morgan fingerprint density at radius 1 is 0.833 bits per heavy atom. The summed E-state index contributed by atoms with van der Waals surface area (Å²) in [4.78, 5) is 0. The van der Waals surface area contributed by atoms with Crippen LogP contribution in [0.5, 0.6) is 0 Å². The monoisotopic (exact) mass is 356 g/mol. The quantitative estimate of drug-likeness (QED) is 0.761. The molecule has 1 aliphatic heterocycles. The van der Waals surface area contributed by atoms with Crippen LogP contribution in [0.2, 0.25) is 19.6 Å². The molecule has 1 fully saturated rings. The van der Waals surface area contributed by atoms with Gasteiger partial charge in [0.2, 0.25) is 0 Å². The molecule has 3 rings (SSSR count). The van der Waals surface area contributed by atoms with E-state index in [9.17, 15) is 0 Å². The molecule has 0 bridgehead atoms. The molecule has 0 N–H and O–H groups in total. The molecule has 0 amide bonds. The molecular formula is C20H28O2Si2. The zero-order valence-corrected chi connectivity index (χ0v) is 17.0. The summed E-state index contributed by atoms with van der Waals surface area (Å²) in [6.07, 6.45) is 3.49. The van der Waals surface area contributed by atoms with E-state index < -0.39 is 16.6 Å². The van der Waals surface area contributed by atoms with Crippen LogP contribution >= 0.6 is 0 Å². The maximum Gasteiger partial charge on any atom is 0.274 e. The maximum absolute atomic E-state index is 7.09. The summed E-state index contributed by atoms with van der Waals surface area (Å²) in [5.41, 5.74) is 0.197. The predicted molar refractivity (Wildman–Crippen MR) is 106 cm³/mol. The molecule has 2 aromatic rings. The van der Waals surface area contributed by atoms with Gasteiger partial charge in [-0.15, -0.1) is 0 Å². The molecule has 2 nitrogen and oxygen atoms in total. The molecule has 1 saturated heterocycles. The lowest BCUT2D eigenvalue weighted by Gasteiger charge is -2.44. The fourth-order valence-electron chi connectivity index (χ4n) is 3.64. The Bertz CT molecular complexity index is 592. The van der Waals surface area contributed by atoms with Gasteiger partial charge in [-0.2, -0.15) is 0 Å². The highest BCUT2D eigenvalue weighted by Gasteiger charge is 2.50. The minimum Gasteiger partial charge on any atom is -0.448 e. The highest BCUT2D eigenvalue weighted by molar-refractivity contribution is 7.03. The van der Waals surface area contributed by atoms with Crippen molar-refractivity contribution in [1.29, 1.82) is 0 Å². The van der Waals surface area contributed by atoms with Gasteiger partial charge in [-0.05, 0) is 49.3 Å². The van der Waals surface area contributed by atoms with Crippen molar-refractivity contribution in [2.45, 2.75) is 44.6 Å². The highest BCUT2D eigenvalue weighted by Crippen LogP contribution is 2.27. The Morgan fingerprint density at radius 2 is 1.38 bits per heavy atom. The Labute approximate surface area is 148 Å². The van der Waals surface area contributed by atoms with E-state index in [1.165, 1.54) is 16.8 Å². The van der Waals surface area contributed by atoms with E-state index >= 15 is 0 Å². The maximum atomic E-state index is 7.09. The SMILES string of the molecule is C[Si](C)(C)O[Si](c1ccccc1)(c1ccccc1)C1CCCCO1. The Balaban J connectivity index is 2.19. The summed E-state index contributed by atoms with van der Waals surface area (Å²) in [5, 5.41) is 2.68. The molecule has 128 valence electrons. The normalized spacial score (nSPS) is 19.2. The van der Waals surface area contributed by atoms with E-state index in [0.717, 1.165) is 19.4 Å². The third-order valence-electron chi connectivity index (χ3n) is 4.51. The van der Waals surface area contributed by atoms with E-state index in [-0.39, 0.29) is 5.73 Å². The molecule has 2 aromatic carbocycles. The van der Waals surface area contributed by atoms with Crippen LogP contribution in [0.3, 0.4) is 0 Å². The molecule has 1 aliphatic rings. The van der Waals surface area contributed by atoms with E-state index in [0.29, 0.717) is 0 Å². The third kappa shape index (κ3) is 3.72. The zero-order valence-electron chi connectivity index (χ0n) is 15.0. The van der Waals surface area contributed by atoms with Crippen LogP contribution in [0.15, 0.2) is 60.7 Å². The smallest absolute Gasteiger partial charge is 0.274 e. The van der Waals surface area contributed by atoms with Gasteiger partial charge in [0.1, 0.15) is 0 Å². The van der Waals surface area contributed by atoms with Crippen LogP contribution in [0, 0.1) is 0 Å². The van der Waals surface area contributed by atoms with E-state index in [4.69, 9.17) is 8.85 Å². The van der Waals surface area contributed by atoms with Crippen molar-refractivity contribution in [1.82, 2.24) is 0 Å². The topological polar surface area (TPSA) is 18.5 Å². The standard InChI is InChI=1S/C20H28O2Si2/c1-23(2,3)22-24(18-12-6-4-7-13-18,19-14-8-5-9-15-19)20-16-10-11-17-21-20/h4-9,12-15,20H,10-11,16-17H2,1-3H3. The number of benzene rings is 2. The van der Waals surface area contributed by atoms with Crippen LogP contribution in [-0.4, -0.2) is 29.0 Å². The third-order valence-corrected chi connectivity index (χ3v) is 12.0. The lowest BCUT2D eigenvalue weighted by molar-refractivity contribution is 0.0544. The summed E-state index contributed by atoms with van der Waals surface area (Å²) in [5.74, 6) is 0. The van der Waals surface area contributed by atoms with Gasteiger partial charge in [-0.1, -0.05) is 60.7 Å². The summed E-state index contributed by atoms with van der Waals surface area (Å²) in [7, 11) is -4.20. The van der Waals surface area contributed by atoms with Gasteiger partial charge in [0.15, 0.2) is 8.32 Å². The number of rotatable bonds is 5. The first-order chi connectivity index (χ1) is 11.5. The van der Waals surface area contributed by atoms with Crippen LogP contribution < -0.4 is 10.4 Å². The van der Waals surface area contributed by atoms with Gasteiger partial charge < -0.3 is 8.85 Å². The molecule has 1 atom stereocenters. The molecule has 0 radical (unpaired) electrons. The molecule has 4 heteroatoms. The van der Waals surface area contributed by atoms with Crippen molar-refractivity contribution >= 4 is 27.0 Å². The van der Waals surface area contributed by atoms with Crippen molar-refractivity contribution in [2.24, 2.45) is 0 Å². The molecular weight excluding hydrogens is 328 g/mol. The van der Waals surface area contributed by atoms with Crippen molar-refractivity contribution in [3.05, 3.63) is 60.7 Å². The number of ether oxygens (including phenoxy) is 1. The molecule has 24 heavy (non-hydrogen) atoms. The van der Waals surface area contributed by atoms with Crippen molar-refractivity contribution < 1.29 is 8.85 Å². The number of hydrogen-bond donors (Lipinski definition) is 0. The first-order valence-corrected chi connectivity index (χ1v) is 14.3. The summed E-state index contributed by atoms with van der Waals surface area (Å²) >= 11 is 0. The second-order valence-electron chi connectivity index (χ2n) is 7.54. The van der Waals surface area contributed by atoms with Crippen molar-refractivity contribution in [2.75, 3.05) is 6.61 Å². The van der Waals surface area contributed by atoms with Crippen LogP contribution in [-0.2, 0) is 8.85 Å². The van der Waals surface area contributed by atoms with Crippen LogP contribution in [0.1, 0.15) is 19.3 Å². The van der Waals surface area contributed by atoms with Crippen molar-refractivity contribution in [3.63, 3.8) is 0 Å². The summed E-state index contributed by atoms with van der Waals surface area (Å²) in [6, 6.07) is 21.7. The Kier molecular flexibility index (Phi) is 5.40. The molecule has 0 saturated carbocycles. The van der Waals surface area contributed by atoms with Gasteiger partial charge in [-0.3, -0.25) is 0 Å². The minimum absolute atomic E-state index is 0.197. The molecule has 1 heterocycles. The van der Waals surface area contributed by atoms with Gasteiger partial charge in [0, 0.05) is 6.61 Å². The fraction of sp³-hybridized carbons (Fsp3) is 0.400. The van der Waals surface area contributed by atoms with E-state index in [2.05, 4.69) is 80.3 Å². The second kappa shape index (κ2) is 7.36. The molecule has 0 aliphatic carbocycles. The van der Waals surface area contributed by atoms with E-state index in [1.54, 1.807) is 0 Å². The predicted octanol–water partition coefficient (Wildman–Crippen LogP) is 3.71. The first-order valence-electron chi connectivity index (χ1n) is 8.95. The van der Waals surface area contributed by atoms with Gasteiger partial charge in [0.05, 0.1) is 5.73 Å². The second-order valence-corrected chi connectivity index (χ2v) is 15.8. The molecule has 1 unspecified atom stereocenters. The largest absolute Gasteiger partial charge is 0.448 e. The highest BCUT2D eigenvalue weighted by atomic mass is 28.4. The fourth-order valence-corrected chi connectivity index (χ4v) is 12.4. The van der Waals surface area contributed by atoms with Gasteiger partial charge in [0.25, 0.3) is 8.32 Å². The Hall–Kier alpha value is -1.21. The minimum atomic E-state index is -2.44. The van der Waals surface area contributed by atoms with E-state index in [1.807, 2.05) is 0 Å². The lowest BCUT2D eigenvalue weighted by Crippen LogP contribution is -2.72.